The first-order valence-corrected chi connectivity index (χ1v) is 5.26. The molecule has 80 valence electrons. The van der Waals surface area contributed by atoms with E-state index < -0.39 is 0 Å². The van der Waals surface area contributed by atoms with Gasteiger partial charge < -0.3 is 14.7 Å². The lowest BCUT2D eigenvalue weighted by atomic mass is 10.3. The van der Waals surface area contributed by atoms with Crippen molar-refractivity contribution in [3.05, 3.63) is 0 Å². The van der Waals surface area contributed by atoms with Crippen molar-refractivity contribution >= 4 is 0 Å². The Bertz CT molecular complexity index is 98.9. The smallest absolute Gasteiger partial charge is 0.0698 e. The molecule has 1 N–H and O–H groups in total. The fraction of sp³-hybridized carbons (Fsp3) is 1.00. The molecule has 0 amide bonds. The molecule has 3 nitrogen and oxygen atoms in total. The average Bonchev–Trinajstić information content (AvgIpc) is 2.17. The number of unbranched alkanes of at least 4 members (excludes halogenated alkanes) is 1. The third kappa shape index (κ3) is 8.22. The lowest BCUT2D eigenvalue weighted by molar-refractivity contribution is 0.0744. The molecule has 0 spiro atoms. The second-order valence-corrected chi connectivity index (χ2v) is 3.12. The molecule has 0 heterocycles. The van der Waals surface area contributed by atoms with Crippen LogP contribution in [0.1, 0.15) is 26.7 Å². The maximum Gasteiger partial charge on any atom is 0.0698 e. The molecule has 0 fully saturated rings. The molecule has 0 unspecified atom stereocenters. The topological polar surface area (TPSA) is 32.7 Å². The molecule has 0 saturated carbocycles. The molecule has 0 aromatic heterocycles. The van der Waals surface area contributed by atoms with Crippen molar-refractivity contribution in [1.82, 2.24) is 4.90 Å². The van der Waals surface area contributed by atoms with Gasteiger partial charge in [0, 0.05) is 6.54 Å². The SMILES string of the molecule is CCCCN(CC)CCOCCO. The van der Waals surface area contributed by atoms with Gasteiger partial charge in [0.25, 0.3) is 0 Å². The van der Waals surface area contributed by atoms with Crippen LogP contribution in [0, 0.1) is 0 Å². The first-order valence-electron chi connectivity index (χ1n) is 5.26. The van der Waals surface area contributed by atoms with Crippen LogP contribution in [0.5, 0.6) is 0 Å². The Balaban J connectivity index is 3.25. The summed E-state index contributed by atoms with van der Waals surface area (Å²) in [4.78, 5) is 2.38. The van der Waals surface area contributed by atoms with Crippen LogP contribution in [0.2, 0.25) is 0 Å². The van der Waals surface area contributed by atoms with Crippen LogP contribution in [0.15, 0.2) is 0 Å². The lowest BCUT2D eigenvalue weighted by Gasteiger charge is -2.19. The van der Waals surface area contributed by atoms with E-state index in [2.05, 4.69) is 18.7 Å². The molecule has 0 aromatic carbocycles. The number of ether oxygens (including phenoxy) is 1. The lowest BCUT2D eigenvalue weighted by Crippen LogP contribution is -2.28. The van der Waals surface area contributed by atoms with E-state index in [-0.39, 0.29) is 6.61 Å². The van der Waals surface area contributed by atoms with Crippen molar-refractivity contribution in [1.29, 1.82) is 0 Å². The van der Waals surface area contributed by atoms with Gasteiger partial charge in [-0.15, -0.1) is 0 Å². The van der Waals surface area contributed by atoms with E-state index in [0.717, 1.165) is 26.2 Å². The Labute approximate surface area is 81.7 Å². The van der Waals surface area contributed by atoms with Crippen molar-refractivity contribution in [3.8, 4) is 0 Å². The Morgan fingerprint density at radius 1 is 1.15 bits per heavy atom. The zero-order valence-electron chi connectivity index (χ0n) is 8.96. The Morgan fingerprint density at radius 2 is 1.92 bits per heavy atom. The number of rotatable bonds is 9. The van der Waals surface area contributed by atoms with Gasteiger partial charge in [0.15, 0.2) is 0 Å². The monoisotopic (exact) mass is 189 g/mol. The summed E-state index contributed by atoms with van der Waals surface area (Å²) in [6.45, 7) is 8.93. The van der Waals surface area contributed by atoms with Gasteiger partial charge in [0.2, 0.25) is 0 Å². The average molecular weight is 189 g/mol. The second kappa shape index (κ2) is 9.96. The van der Waals surface area contributed by atoms with Crippen LogP contribution < -0.4 is 0 Å². The maximum absolute atomic E-state index is 8.49. The first kappa shape index (κ1) is 12.9. The molecule has 0 atom stereocenters. The third-order valence-corrected chi connectivity index (χ3v) is 2.06. The van der Waals surface area contributed by atoms with Crippen LogP contribution in [0.4, 0.5) is 0 Å². The van der Waals surface area contributed by atoms with Crippen LogP contribution >= 0.6 is 0 Å². The summed E-state index contributed by atoms with van der Waals surface area (Å²) in [6.07, 6.45) is 2.50. The van der Waals surface area contributed by atoms with Crippen LogP contribution in [-0.4, -0.2) is 49.5 Å². The number of hydrogen-bond acceptors (Lipinski definition) is 3. The minimum Gasteiger partial charge on any atom is -0.394 e. The van der Waals surface area contributed by atoms with E-state index in [4.69, 9.17) is 9.84 Å². The summed E-state index contributed by atoms with van der Waals surface area (Å²) in [5.41, 5.74) is 0. The zero-order chi connectivity index (χ0) is 9.94. The summed E-state index contributed by atoms with van der Waals surface area (Å²) < 4.78 is 5.20. The Kier molecular flexibility index (Phi) is 9.87. The second-order valence-electron chi connectivity index (χ2n) is 3.12. The van der Waals surface area contributed by atoms with E-state index in [0.29, 0.717) is 6.61 Å². The summed E-state index contributed by atoms with van der Waals surface area (Å²) in [5.74, 6) is 0. The van der Waals surface area contributed by atoms with E-state index in [9.17, 15) is 0 Å². The van der Waals surface area contributed by atoms with Gasteiger partial charge in [0.1, 0.15) is 0 Å². The minimum atomic E-state index is 0.126. The zero-order valence-corrected chi connectivity index (χ0v) is 8.96. The Morgan fingerprint density at radius 3 is 2.46 bits per heavy atom. The van der Waals surface area contributed by atoms with Crippen molar-refractivity contribution in [2.24, 2.45) is 0 Å². The van der Waals surface area contributed by atoms with Gasteiger partial charge in [-0.05, 0) is 19.5 Å². The third-order valence-electron chi connectivity index (χ3n) is 2.06. The van der Waals surface area contributed by atoms with Gasteiger partial charge in [-0.1, -0.05) is 20.3 Å². The van der Waals surface area contributed by atoms with Gasteiger partial charge in [0.05, 0.1) is 19.8 Å². The van der Waals surface area contributed by atoms with Crippen molar-refractivity contribution in [3.63, 3.8) is 0 Å². The van der Waals surface area contributed by atoms with Gasteiger partial charge >= 0.3 is 0 Å². The van der Waals surface area contributed by atoms with E-state index in [1.165, 1.54) is 12.8 Å². The highest BCUT2D eigenvalue weighted by Crippen LogP contribution is 1.94. The summed E-state index contributed by atoms with van der Waals surface area (Å²) in [7, 11) is 0. The molecule has 0 aliphatic rings. The Hall–Kier alpha value is -0.120. The number of nitrogens with zero attached hydrogens (tertiary/aromatic N) is 1. The maximum atomic E-state index is 8.49. The van der Waals surface area contributed by atoms with Crippen molar-refractivity contribution in [2.45, 2.75) is 26.7 Å². The highest BCUT2D eigenvalue weighted by Gasteiger charge is 2.00. The molecule has 0 rings (SSSR count). The number of aliphatic hydroxyl groups is 1. The normalized spacial score (nSPS) is 11.1. The first-order chi connectivity index (χ1) is 6.35. The van der Waals surface area contributed by atoms with Crippen molar-refractivity contribution in [2.75, 3.05) is 39.5 Å². The van der Waals surface area contributed by atoms with E-state index in [1.54, 1.807) is 0 Å². The molecule has 0 radical (unpaired) electrons. The fourth-order valence-electron chi connectivity index (χ4n) is 1.17. The van der Waals surface area contributed by atoms with E-state index >= 15 is 0 Å². The summed E-state index contributed by atoms with van der Waals surface area (Å²) in [6, 6.07) is 0. The molecule has 0 aromatic rings. The standard InChI is InChI=1S/C10H23NO2/c1-3-5-6-11(4-2)7-9-13-10-8-12/h12H,3-10H2,1-2H3. The fourth-order valence-corrected chi connectivity index (χ4v) is 1.17. The minimum absolute atomic E-state index is 0.126. The van der Waals surface area contributed by atoms with Gasteiger partial charge in [-0.2, -0.15) is 0 Å². The van der Waals surface area contributed by atoms with Crippen LogP contribution in [0.3, 0.4) is 0 Å². The molecule has 0 saturated heterocycles. The summed E-state index contributed by atoms with van der Waals surface area (Å²) in [5, 5.41) is 8.49. The number of aliphatic hydroxyl groups excluding tert-OH is 1. The van der Waals surface area contributed by atoms with Crippen molar-refractivity contribution < 1.29 is 9.84 Å². The molecule has 3 heteroatoms. The molecule has 13 heavy (non-hydrogen) atoms. The predicted molar refractivity (Wildman–Crippen MR) is 54.9 cm³/mol. The van der Waals surface area contributed by atoms with Gasteiger partial charge in [-0.3, -0.25) is 0 Å². The predicted octanol–water partition coefficient (Wildman–Crippen LogP) is 1.12. The molecule has 0 aliphatic heterocycles. The molecule has 0 aliphatic carbocycles. The summed E-state index contributed by atoms with van der Waals surface area (Å²) >= 11 is 0. The molecule has 0 bridgehead atoms. The molecular formula is C10H23NO2. The largest absolute Gasteiger partial charge is 0.394 e. The number of likely N-dealkylation sites (N-methyl/N-ethyl adjacent to an activating group) is 1. The van der Waals surface area contributed by atoms with Crippen LogP contribution in [0.25, 0.3) is 0 Å². The van der Waals surface area contributed by atoms with Gasteiger partial charge in [-0.25, -0.2) is 0 Å². The quantitative estimate of drug-likeness (QED) is 0.552. The van der Waals surface area contributed by atoms with Crippen LogP contribution in [-0.2, 0) is 4.74 Å². The highest BCUT2D eigenvalue weighted by molar-refractivity contribution is 4.53. The highest BCUT2D eigenvalue weighted by atomic mass is 16.5. The number of hydrogen-bond donors (Lipinski definition) is 1. The van der Waals surface area contributed by atoms with E-state index in [1.807, 2.05) is 0 Å². The molecular weight excluding hydrogens is 166 g/mol.